The molecular formula is C21H26N2O2. The fourth-order valence-electron chi connectivity index (χ4n) is 2.60. The number of ketones is 1. The molecular weight excluding hydrogens is 312 g/mol. The fourth-order valence-corrected chi connectivity index (χ4v) is 2.60. The number of anilines is 2. The Hall–Kier alpha value is -2.62. The molecule has 0 bridgehead atoms. The second-order valence-corrected chi connectivity index (χ2v) is 7.15. The summed E-state index contributed by atoms with van der Waals surface area (Å²) in [6.07, 6.45) is 0.368. The zero-order valence-corrected chi connectivity index (χ0v) is 15.3. The average Bonchev–Trinajstić information content (AvgIpc) is 2.55. The van der Waals surface area contributed by atoms with Gasteiger partial charge in [0.25, 0.3) is 0 Å². The molecule has 0 spiro atoms. The fraction of sp³-hybridized carbons (Fsp3) is 0.333. The van der Waals surface area contributed by atoms with Gasteiger partial charge in [-0.05, 0) is 48.2 Å². The average molecular weight is 338 g/mol. The van der Waals surface area contributed by atoms with E-state index in [-0.39, 0.29) is 17.1 Å². The first-order chi connectivity index (χ1) is 11.8. The Bertz CT molecular complexity index is 743. The summed E-state index contributed by atoms with van der Waals surface area (Å²) in [5, 5.41) is 6.20. The van der Waals surface area contributed by atoms with E-state index in [1.165, 1.54) is 0 Å². The predicted octanol–water partition coefficient (Wildman–Crippen LogP) is 4.63. The van der Waals surface area contributed by atoms with Crippen molar-refractivity contribution in [2.75, 3.05) is 17.2 Å². The number of Topliss-reactive ketones (excluding diaryl/α,β-unsaturated/α-hetero) is 1. The van der Waals surface area contributed by atoms with Crippen molar-refractivity contribution < 1.29 is 9.59 Å². The van der Waals surface area contributed by atoms with Crippen LogP contribution in [0.15, 0.2) is 48.5 Å². The van der Waals surface area contributed by atoms with E-state index in [4.69, 9.17) is 0 Å². The molecule has 0 radical (unpaired) electrons. The molecule has 2 rings (SSSR count). The van der Waals surface area contributed by atoms with Crippen LogP contribution in [-0.2, 0) is 10.2 Å². The lowest BCUT2D eigenvalue weighted by Crippen LogP contribution is -2.20. The predicted molar refractivity (Wildman–Crippen MR) is 103 cm³/mol. The molecule has 4 nitrogen and oxygen atoms in total. The van der Waals surface area contributed by atoms with Crippen molar-refractivity contribution in [1.29, 1.82) is 0 Å². The van der Waals surface area contributed by atoms with Crippen LogP contribution in [0.25, 0.3) is 0 Å². The first-order valence-corrected chi connectivity index (χ1v) is 8.51. The second-order valence-electron chi connectivity index (χ2n) is 7.15. The summed E-state index contributed by atoms with van der Waals surface area (Å²) >= 11 is 0. The van der Waals surface area contributed by atoms with Crippen LogP contribution in [0.4, 0.5) is 11.4 Å². The highest BCUT2D eigenvalue weighted by atomic mass is 16.1. The number of carbonyl (C=O) groups is 2. The van der Waals surface area contributed by atoms with E-state index in [1.807, 2.05) is 36.4 Å². The minimum absolute atomic E-state index is 0.0236. The normalized spacial score (nSPS) is 11.0. The van der Waals surface area contributed by atoms with E-state index in [0.717, 1.165) is 16.9 Å². The van der Waals surface area contributed by atoms with Gasteiger partial charge in [0.05, 0.1) is 0 Å². The first kappa shape index (κ1) is 18.7. The molecule has 0 aromatic heterocycles. The lowest BCUT2D eigenvalue weighted by molar-refractivity contribution is -0.115. The van der Waals surface area contributed by atoms with E-state index in [2.05, 4.69) is 31.4 Å². The monoisotopic (exact) mass is 338 g/mol. The van der Waals surface area contributed by atoms with Crippen LogP contribution in [0.3, 0.4) is 0 Å². The van der Waals surface area contributed by atoms with Gasteiger partial charge in [-0.25, -0.2) is 0 Å². The summed E-state index contributed by atoms with van der Waals surface area (Å²) in [5.74, 6) is 0.0213. The van der Waals surface area contributed by atoms with Gasteiger partial charge in [-0.15, -0.1) is 0 Å². The van der Waals surface area contributed by atoms with Gasteiger partial charge in [0, 0.05) is 29.9 Å². The van der Waals surface area contributed by atoms with Gasteiger partial charge < -0.3 is 10.6 Å². The van der Waals surface area contributed by atoms with Crippen molar-refractivity contribution in [1.82, 2.24) is 0 Å². The molecule has 2 aromatic rings. The molecule has 0 fully saturated rings. The zero-order chi connectivity index (χ0) is 18.4. The van der Waals surface area contributed by atoms with Gasteiger partial charge in [-0.2, -0.15) is 0 Å². The second kappa shape index (κ2) is 7.97. The van der Waals surface area contributed by atoms with Gasteiger partial charge in [-0.1, -0.05) is 39.0 Å². The van der Waals surface area contributed by atoms with Crippen LogP contribution in [0.5, 0.6) is 0 Å². The Labute approximate surface area is 149 Å². The SMILES string of the molecule is CC(=O)c1ccc(NCCC(=O)Nc2ccccc2C(C)(C)C)cc1. The standard InChI is InChI=1S/C21H26N2O2/c1-15(24)16-9-11-17(12-10-16)22-14-13-20(25)23-19-8-6-5-7-18(19)21(2,3)4/h5-12,22H,13-14H2,1-4H3,(H,23,25). The van der Waals surface area contributed by atoms with Crippen molar-refractivity contribution in [3.05, 3.63) is 59.7 Å². The third kappa shape index (κ3) is 5.45. The van der Waals surface area contributed by atoms with Crippen molar-refractivity contribution in [3.8, 4) is 0 Å². The molecule has 0 unspecified atom stereocenters. The molecule has 0 aliphatic carbocycles. The van der Waals surface area contributed by atoms with Crippen molar-refractivity contribution >= 4 is 23.1 Å². The van der Waals surface area contributed by atoms with Crippen LogP contribution in [-0.4, -0.2) is 18.2 Å². The lowest BCUT2D eigenvalue weighted by atomic mass is 9.86. The third-order valence-corrected chi connectivity index (χ3v) is 3.98. The van der Waals surface area contributed by atoms with E-state index in [0.29, 0.717) is 18.5 Å². The molecule has 0 heterocycles. The summed E-state index contributed by atoms with van der Waals surface area (Å²) in [4.78, 5) is 23.5. The van der Waals surface area contributed by atoms with Gasteiger partial charge in [0.2, 0.25) is 5.91 Å². The maximum Gasteiger partial charge on any atom is 0.226 e. The van der Waals surface area contributed by atoms with Gasteiger partial charge >= 0.3 is 0 Å². The largest absolute Gasteiger partial charge is 0.385 e. The van der Waals surface area contributed by atoms with Gasteiger partial charge in [0.1, 0.15) is 0 Å². The van der Waals surface area contributed by atoms with Gasteiger partial charge in [0.15, 0.2) is 5.78 Å². The molecule has 2 aromatic carbocycles. The number of para-hydroxylation sites is 1. The quantitative estimate of drug-likeness (QED) is 0.755. The third-order valence-electron chi connectivity index (χ3n) is 3.98. The number of hydrogen-bond acceptors (Lipinski definition) is 3. The molecule has 0 aliphatic rings. The highest BCUT2D eigenvalue weighted by Crippen LogP contribution is 2.29. The van der Waals surface area contributed by atoms with Crippen molar-refractivity contribution in [3.63, 3.8) is 0 Å². The molecule has 1 amide bonds. The Kier molecular flexibility index (Phi) is 5.97. The van der Waals surface area contributed by atoms with Crippen molar-refractivity contribution in [2.45, 2.75) is 39.5 Å². The Morgan fingerprint density at radius 2 is 1.60 bits per heavy atom. The highest BCUT2D eigenvalue weighted by Gasteiger charge is 2.18. The topological polar surface area (TPSA) is 58.2 Å². The smallest absolute Gasteiger partial charge is 0.226 e. The number of hydrogen-bond donors (Lipinski definition) is 2. The van der Waals surface area contributed by atoms with Crippen molar-refractivity contribution in [2.24, 2.45) is 0 Å². The summed E-state index contributed by atoms with van der Waals surface area (Å²) in [6, 6.07) is 15.2. The van der Waals surface area contributed by atoms with E-state index in [9.17, 15) is 9.59 Å². The van der Waals surface area contributed by atoms with Crippen LogP contribution in [0.2, 0.25) is 0 Å². The minimum atomic E-state index is -0.0272. The van der Waals surface area contributed by atoms with Crippen LogP contribution < -0.4 is 10.6 Å². The lowest BCUT2D eigenvalue weighted by Gasteiger charge is -2.23. The molecule has 0 saturated carbocycles. The van der Waals surface area contributed by atoms with Crippen LogP contribution >= 0.6 is 0 Å². The summed E-state index contributed by atoms with van der Waals surface area (Å²) in [5.41, 5.74) is 3.54. The van der Waals surface area contributed by atoms with Crippen LogP contribution in [0, 0.1) is 0 Å². The first-order valence-electron chi connectivity index (χ1n) is 8.51. The maximum absolute atomic E-state index is 12.2. The molecule has 25 heavy (non-hydrogen) atoms. The molecule has 132 valence electrons. The highest BCUT2D eigenvalue weighted by molar-refractivity contribution is 5.94. The molecule has 0 aliphatic heterocycles. The number of benzene rings is 2. The zero-order valence-electron chi connectivity index (χ0n) is 15.3. The molecule has 0 saturated heterocycles. The maximum atomic E-state index is 12.2. The number of rotatable bonds is 6. The van der Waals surface area contributed by atoms with Crippen LogP contribution in [0.1, 0.15) is 50.0 Å². The Balaban J connectivity index is 1.88. The summed E-state index contributed by atoms with van der Waals surface area (Å²) in [7, 11) is 0. The minimum Gasteiger partial charge on any atom is -0.385 e. The van der Waals surface area contributed by atoms with E-state index >= 15 is 0 Å². The molecule has 2 N–H and O–H groups in total. The Morgan fingerprint density at radius 1 is 0.960 bits per heavy atom. The van der Waals surface area contributed by atoms with E-state index in [1.54, 1.807) is 19.1 Å². The molecule has 4 heteroatoms. The number of nitrogens with one attached hydrogen (secondary N) is 2. The van der Waals surface area contributed by atoms with Gasteiger partial charge in [-0.3, -0.25) is 9.59 Å². The van der Waals surface area contributed by atoms with E-state index < -0.39 is 0 Å². The molecule has 0 atom stereocenters. The summed E-state index contributed by atoms with van der Waals surface area (Å²) < 4.78 is 0. The summed E-state index contributed by atoms with van der Waals surface area (Å²) in [6.45, 7) is 8.46. The number of carbonyl (C=O) groups excluding carboxylic acids is 2. The number of amides is 1. The Morgan fingerprint density at radius 3 is 2.20 bits per heavy atom.